The fourth-order valence-corrected chi connectivity index (χ4v) is 3.90. The van der Waals surface area contributed by atoms with Gasteiger partial charge in [-0.2, -0.15) is 5.10 Å². The van der Waals surface area contributed by atoms with Gasteiger partial charge in [-0.1, -0.05) is 0 Å². The molecule has 2 aliphatic rings. The summed E-state index contributed by atoms with van der Waals surface area (Å²) in [6.07, 6.45) is 8.02. The van der Waals surface area contributed by atoms with Crippen molar-refractivity contribution in [1.29, 1.82) is 0 Å². The average molecular weight is 369 g/mol. The minimum Gasteiger partial charge on any atom is -0.352 e. The summed E-state index contributed by atoms with van der Waals surface area (Å²) in [6, 6.07) is 0.605. The van der Waals surface area contributed by atoms with E-state index in [0.717, 1.165) is 42.9 Å². The highest BCUT2D eigenvalue weighted by Crippen LogP contribution is 2.39. The fraction of sp³-hybridized carbons (Fsp3) is 0.579. The van der Waals surface area contributed by atoms with E-state index < -0.39 is 0 Å². The van der Waals surface area contributed by atoms with Crippen molar-refractivity contribution in [2.24, 2.45) is 0 Å². The lowest BCUT2D eigenvalue weighted by Gasteiger charge is -2.31. The van der Waals surface area contributed by atoms with E-state index in [0.29, 0.717) is 18.4 Å². The molecule has 0 aliphatic carbocycles. The molecule has 0 saturated carbocycles. The summed E-state index contributed by atoms with van der Waals surface area (Å²) in [5.74, 6) is 1.42. The van der Waals surface area contributed by atoms with Gasteiger partial charge in [0.05, 0.1) is 12.2 Å². The average Bonchev–Trinajstić information content (AvgIpc) is 3.05. The van der Waals surface area contributed by atoms with Gasteiger partial charge in [0, 0.05) is 36.3 Å². The normalized spacial score (nSPS) is 21.2. The molecule has 1 unspecified atom stereocenters. The molecule has 1 saturated heterocycles. The molecule has 0 bridgehead atoms. The molecule has 8 heteroatoms. The Kier molecular flexibility index (Phi) is 4.82. The number of hydrogen-bond donors (Lipinski definition) is 2. The third kappa shape index (κ3) is 3.66. The van der Waals surface area contributed by atoms with Crippen LogP contribution in [0.5, 0.6) is 0 Å². The standard InChI is InChI=1S/C19H27N7O/c1-12(2)23-19-20-9-13(10-21-19)15-8-17(27)24-18-16(15)11-22-26(18)14-4-6-25(3)7-5-14/h9-12,14-15H,4-8H2,1-3H3,(H,24,27)(H,20,21,23). The molecule has 1 amide bonds. The quantitative estimate of drug-likeness (QED) is 0.859. The number of anilines is 2. The number of likely N-dealkylation sites (tertiary alicyclic amines) is 1. The Balaban J connectivity index is 1.61. The van der Waals surface area contributed by atoms with E-state index in [4.69, 9.17) is 0 Å². The second kappa shape index (κ2) is 7.26. The molecule has 2 aromatic rings. The molecular formula is C19H27N7O. The van der Waals surface area contributed by atoms with Crippen molar-refractivity contribution in [2.45, 2.75) is 51.1 Å². The van der Waals surface area contributed by atoms with Gasteiger partial charge in [-0.05, 0) is 52.4 Å². The Morgan fingerprint density at radius 3 is 2.56 bits per heavy atom. The van der Waals surface area contributed by atoms with E-state index in [9.17, 15) is 4.79 Å². The van der Waals surface area contributed by atoms with Crippen LogP contribution in [-0.2, 0) is 4.79 Å². The van der Waals surface area contributed by atoms with E-state index in [2.05, 4.69) is 37.6 Å². The van der Waals surface area contributed by atoms with E-state index in [1.807, 2.05) is 37.1 Å². The molecule has 0 spiro atoms. The minimum absolute atomic E-state index is 0.0200. The third-order valence-electron chi connectivity index (χ3n) is 5.37. The van der Waals surface area contributed by atoms with Crippen LogP contribution in [0.15, 0.2) is 18.6 Å². The molecule has 2 aromatic heterocycles. The van der Waals surface area contributed by atoms with Crippen LogP contribution in [0.25, 0.3) is 0 Å². The smallest absolute Gasteiger partial charge is 0.226 e. The summed E-state index contributed by atoms with van der Waals surface area (Å²) in [4.78, 5) is 23.5. The van der Waals surface area contributed by atoms with Gasteiger partial charge in [-0.3, -0.25) is 4.79 Å². The maximum atomic E-state index is 12.4. The highest BCUT2D eigenvalue weighted by molar-refractivity contribution is 5.94. The monoisotopic (exact) mass is 369 g/mol. The topological polar surface area (TPSA) is 88.0 Å². The Labute approximate surface area is 159 Å². The molecule has 8 nitrogen and oxygen atoms in total. The lowest BCUT2D eigenvalue weighted by Crippen LogP contribution is -2.33. The van der Waals surface area contributed by atoms with Gasteiger partial charge in [-0.25, -0.2) is 14.6 Å². The van der Waals surface area contributed by atoms with Gasteiger partial charge in [-0.15, -0.1) is 0 Å². The first kappa shape index (κ1) is 17.9. The molecule has 27 heavy (non-hydrogen) atoms. The zero-order chi connectivity index (χ0) is 19.0. The van der Waals surface area contributed by atoms with Gasteiger partial charge >= 0.3 is 0 Å². The van der Waals surface area contributed by atoms with Crippen molar-refractivity contribution < 1.29 is 4.79 Å². The number of rotatable bonds is 4. The molecule has 0 aromatic carbocycles. The van der Waals surface area contributed by atoms with Crippen LogP contribution in [0, 0.1) is 0 Å². The molecule has 2 aliphatic heterocycles. The van der Waals surface area contributed by atoms with Crippen molar-refractivity contribution >= 4 is 17.7 Å². The number of nitrogens with zero attached hydrogens (tertiary/aromatic N) is 5. The number of fused-ring (bicyclic) bond motifs is 1. The van der Waals surface area contributed by atoms with Crippen LogP contribution >= 0.6 is 0 Å². The van der Waals surface area contributed by atoms with Crippen molar-refractivity contribution in [2.75, 3.05) is 30.8 Å². The zero-order valence-electron chi connectivity index (χ0n) is 16.1. The first-order valence-corrected chi connectivity index (χ1v) is 9.65. The number of carbonyl (C=O) groups excluding carboxylic acids is 1. The second-order valence-corrected chi connectivity index (χ2v) is 7.87. The van der Waals surface area contributed by atoms with Gasteiger partial charge in [0.25, 0.3) is 0 Å². The second-order valence-electron chi connectivity index (χ2n) is 7.87. The van der Waals surface area contributed by atoms with Crippen LogP contribution in [0.3, 0.4) is 0 Å². The minimum atomic E-state index is -0.0538. The predicted molar refractivity (Wildman–Crippen MR) is 104 cm³/mol. The lowest BCUT2D eigenvalue weighted by molar-refractivity contribution is -0.116. The Hall–Kier alpha value is -2.48. The van der Waals surface area contributed by atoms with E-state index in [-0.39, 0.29) is 17.9 Å². The highest BCUT2D eigenvalue weighted by Gasteiger charge is 2.32. The van der Waals surface area contributed by atoms with Gasteiger partial charge in [0.15, 0.2) is 0 Å². The Morgan fingerprint density at radius 1 is 1.19 bits per heavy atom. The molecule has 2 N–H and O–H groups in total. The zero-order valence-corrected chi connectivity index (χ0v) is 16.1. The fourth-order valence-electron chi connectivity index (χ4n) is 3.90. The van der Waals surface area contributed by atoms with Crippen LogP contribution in [0.4, 0.5) is 11.8 Å². The molecule has 4 heterocycles. The van der Waals surface area contributed by atoms with E-state index >= 15 is 0 Å². The van der Waals surface area contributed by atoms with Crippen LogP contribution in [0.1, 0.15) is 56.2 Å². The number of amides is 1. The number of carbonyl (C=O) groups is 1. The van der Waals surface area contributed by atoms with E-state index in [1.165, 1.54) is 0 Å². The van der Waals surface area contributed by atoms with Crippen LogP contribution < -0.4 is 10.6 Å². The largest absolute Gasteiger partial charge is 0.352 e. The highest BCUT2D eigenvalue weighted by atomic mass is 16.1. The molecule has 1 atom stereocenters. The van der Waals surface area contributed by atoms with Crippen molar-refractivity contribution in [1.82, 2.24) is 24.6 Å². The Morgan fingerprint density at radius 2 is 1.89 bits per heavy atom. The molecule has 1 fully saturated rings. The number of aromatic nitrogens is 4. The first-order valence-electron chi connectivity index (χ1n) is 9.65. The SMILES string of the molecule is CC(C)Nc1ncc(C2CC(=O)Nc3c2cnn3C2CCN(C)CC2)cn1. The molecular weight excluding hydrogens is 342 g/mol. The summed E-state index contributed by atoms with van der Waals surface area (Å²) in [5, 5.41) is 10.9. The summed E-state index contributed by atoms with van der Waals surface area (Å²) < 4.78 is 2.02. The summed E-state index contributed by atoms with van der Waals surface area (Å²) in [5.41, 5.74) is 2.00. The molecule has 4 rings (SSSR count). The lowest BCUT2D eigenvalue weighted by atomic mass is 9.89. The maximum Gasteiger partial charge on any atom is 0.226 e. The summed E-state index contributed by atoms with van der Waals surface area (Å²) in [7, 11) is 2.14. The Bertz CT molecular complexity index is 806. The number of piperidine rings is 1. The number of hydrogen-bond acceptors (Lipinski definition) is 6. The van der Waals surface area contributed by atoms with Crippen molar-refractivity contribution in [3.63, 3.8) is 0 Å². The summed E-state index contributed by atoms with van der Waals surface area (Å²) >= 11 is 0. The summed E-state index contributed by atoms with van der Waals surface area (Å²) in [6.45, 7) is 6.20. The molecule has 144 valence electrons. The van der Waals surface area contributed by atoms with Crippen LogP contribution in [-0.4, -0.2) is 56.7 Å². The third-order valence-corrected chi connectivity index (χ3v) is 5.37. The maximum absolute atomic E-state index is 12.4. The van der Waals surface area contributed by atoms with E-state index in [1.54, 1.807) is 0 Å². The van der Waals surface area contributed by atoms with Gasteiger partial charge in [0.2, 0.25) is 11.9 Å². The predicted octanol–water partition coefficient (Wildman–Crippen LogP) is 2.23. The van der Waals surface area contributed by atoms with Gasteiger partial charge < -0.3 is 15.5 Å². The number of nitrogens with one attached hydrogen (secondary N) is 2. The molecule has 0 radical (unpaired) electrons. The van der Waals surface area contributed by atoms with Crippen molar-refractivity contribution in [3.8, 4) is 0 Å². The van der Waals surface area contributed by atoms with Gasteiger partial charge in [0.1, 0.15) is 5.82 Å². The van der Waals surface area contributed by atoms with Crippen molar-refractivity contribution in [3.05, 3.63) is 29.7 Å². The first-order chi connectivity index (χ1) is 13.0. The van der Waals surface area contributed by atoms with Crippen LogP contribution in [0.2, 0.25) is 0 Å².